The second-order valence-electron chi connectivity index (χ2n) is 4.03. The fourth-order valence-electron chi connectivity index (χ4n) is 1.93. The Hall–Kier alpha value is -1.72. The Morgan fingerprint density at radius 2 is 2.10 bits per heavy atom. The lowest BCUT2D eigenvalue weighted by molar-refractivity contribution is 0.319. The van der Waals surface area contributed by atoms with Crippen LogP contribution in [0, 0.1) is 0 Å². The number of rotatable bonds is 5. The van der Waals surface area contributed by atoms with Gasteiger partial charge < -0.3 is 9.47 Å². The highest BCUT2D eigenvalue weighted by molar-refractivity contribution is 7.15. The Balaban J connectivity index is 1.98. The number of thiazole rings is 1. The molecule has 0 unspecified atom stereocenters. The molecular formula is C14H13ClN2O2S. The number of alkyl halides is 1. The van der Waals surface area contributed by atoms with Gasteiger partial charge >= 0.3 is 0 Å². The number of fused-ring (bicyclic) bond motifs is 1. The summed E-state index contributed by atoms with van der Waals surface area (Å²) < 4.78 is 13.4. The van der Waals surface area contributed by atoms with Crippen LogP contribution in [0.1, 0.15) is 12.6 Å². The molecule has 3 rings (SSSR count). The molecule has 20 heavy (non-hydrogen) atoms. The number of halogens is 1. The van der Waals surface area contributed by atoms with Crippen LogP contribution < -0.4 is 9.47 Å². The van der Waals surface area contributed by atoms with Crippen molar-refractivity contribution in [1.29, 1.82) is 0 Å². The van der Waals surface area contributed by atoms with Gasteiger partial charge in [0, 0.05) is 11.6 Å². The minimum absolute atomic E-state index is 0.337. The molecule has 0 aliphatic heterocycles. The molecule has 2 heterocycles. The van der Waals surface area contributed by atoms with E-state index in [-0.39, 0.29) is 0 Å². The summed E-state index contributed by atoms with van der Waals surface area (Å²) in [5.41, 5.74) is 0.842. The molecule has 0 N–H and O–H groups in total. The molecule has 4 nitrogen and oxygen atoms in total. The molecule has 6 heteroatoms. The summed E-state index contributed by atoms with van der Waals surface area (Å²) in [6.45, 7) is 2.52. The predicted molar refractivity (Wildman–Crippen MR) is 80.3 cm³/mol. The molecule has 2 aromatic heterocycles. The average molecular weight is 309 g/mol. The maximum atomic E-state index is 6.01. The van der Waals surface area contributed by atoms with Crippen LogP contribution in [0.2, 0.25) is 0 Å². The van der Waals surface area contributed by atoms with E-state index in [0.29, 0.717) is 29.9 Å². The Morgan fingerprint density at radius 3 is 2.85 bits per heavy atom. The monoisotopic (exact) mass is 308 g/mol. The first-order valence-electron chi connectivity index (χ1n) is 6.23. The molecule has 0 spiro atoms. The summed E-state index contributed by atoms with van der Waals surface area (Å²) in [7, 11) is 0. The Bertz CT molecular complexity index is 723. The van der Waals surface area contributed by atoms with Crippen LogP contribution in [0.4, 0.5) is 0 Å². The highest BCUT2D eigenvalue weighted by Gasteiger charge is 2.16. The van der Waals surface area contributed by atoms with E-state index in [1.807, 2.05) is 47.2 Å². The largest absolute Gasteiger partial charge is 0.490 e. The second kappa shape index (κ2) is 5.73. The van der Waals surface area contributed by atoms with Crippen molar-refractivity contribution < 1.29 is 9.47 Å². The first-order chi connectivity index (χ1) is 9.83. The van der Waals surface area contributed by atoms with Gasteiger partial charge in [-0.1, -0.05) is 12.1 Å². The number of benzene rings is 1. The predicted octanol–water partition coefficient (Wildman–Crippen LogP) is 4.33. The average Bonchev–Trinajstić information content (AvgIpc) is 3.01. The molecular weight excluding hydrogens is 296 g/mol. The molecule has 0 radical (unpaired) electrons. The third-order valence-electron chi connectivity index (χ3n) is 2.81. The maximum absolute atomic E-state index is 6.01. The molecule has 0 amide bonds. The summed E-state index contributed by atoms with van der Waals surface area (Å²) in [5, 5.41) is 1.97. The first-order valence-corrected chi connectivity index (χ1v) is 7.65. The summed E-state index contributed by atoms with van der Waals surface area (Å²) in [5.74, 6) is 2.21. The van der Waals surface area contributed by atoms with Gasteiger partial charge in [-0.2, -0.15) is 4.98 Å². The van der Waals surface area contributed by atoms with Crippen molar-refractivity contribution in [3.8, 4) is 17.4 Å². The Kier molecular flexibility index (Phi) is 3.80. The number of aromatic nitrogens is 2. The highest BCUT2D eigenvalue weighted by Crippen LogP contribution is 2.34. The van der Waals surface area contributed by atoms with E-state index in [1.54, 1.807) is 11.3 Å². The number of nitrogens with zero attached hydrogens (tertiary/aromatic N) is 2. The Morgan fingerprint density at radius 1 is 1.30 bits per heavy atom. The standard InChI is InChI=1S/C14H13ClN2O2S/c1-2-18-11-5-3-4-6-12(11)19-13-10(9-15)17-7-8-20-14(17)16-13/h3-8H,2,9H2,1H3. The molecule has 0 aliphatic carbocycles. The molecule has 0 bridgehead atoms. The van der Waals surface area contributed by atoms with Gasteiger partial charge in [0.1, 0.15) is 5.69 Å². The van der Waals surface area contributed by atoms with E-state index in [0.717, 1.165) is 10.7 Å². The van der Waals surface area contributed by atoms with Crippen molar-refractivity contribution in [1.82, 2.24) is 9.38 Å². The first kappa shape index (κ1) is 13.3. The van der Waals surface area contributed by atoms with E-state index in [4.69, 9.17) is 21.1 Å². The molecule has 0 atom stereocenters. The van der Waals surface area contributed by atoms with Crippen LogP contribution in [0.25, 0.3) is 4.96 Å². The third kappa shape index (κ3) is 2.34. The fraction of sp³-hybridized carbons (Fsp3) is 0.214. The summed E-state index contributed by atoms with van der Waals surface area (Å²) in [6.07, 6.45) is 1.94. The lowest BCUT2D eigenvalue weighted by Crippen LogP contribution is -1.96. The molecule has 1 aromatic carbocycles. The summed E-state index contributed by atoms with van der Waals surface area (Å²) in [6, 6.07) is 7.54. The summed E-state index contributed by atoms with van der Waals surface area (Å²) >= 11 is 7.55. The molecule has 104 valence electrons. The zero-order chi connectivity index (χ0) is 13.9. The van der Waals surface area contributed by atoms with Gasteiger partial charge in [-0.05, 0) is 19.1 Å². The van der Waals surface area contributed by atoms with Crippen LogP contribution in [-0.4, -0.2) is 16.0 Å². The number of imidazole rings is 1. The van der Waals surface area contributed by atoms with Gasteiger partial charge in [0.25, 0.3) is 0 Å². The van der Waals surface area contributed by atoms with Crippen LogP contribution in [0.5, 0.6) is 17.4 Å². The molecule has 0 saturated carbocycles. The van der Waals surface area contributed by atoms with E-state index in [1.165, 1.54) is 0 Å². The van der Waals surface area contributed by atoms with Gasteiger partial charge in [-0.3, -0.25) is 4.40 Å². The van der Waals surface area contributed by atoms with E-state index < -0.39 is 0 Å². The van der Waals surface area contributed by atoms with Gasteiger partial charge in [0.15, 0.2) is 16.5 Å². The molecule has 0 fully saturated rings. The number of para-hydroxylation sites is 2. The van der Waals surface area contributed by atoms with Gasteiger partial charge in [0.2, 0.25) is 5.88 Å². The van der Waals surface area contributed by atoms with E-state index >= 15 is 0 Å². The van der Waals surface area contributed by atoms with Crippen molar-refractivity contribution in [2.75, 3.05) is 6.61 Å². The molecule has 3 aromatic rings. The van der Waals surface area contributed by atoms with Crippen LogP contribution in [-0.2, 0) is 5.88 Å². The van der Waals surface area contributed by atoms with Gasteiger partial charge in [-0.15, -0.1) is 22.9 Å². The van der Waals surface area contributed by atoms with Crippen molar-refractivity contribution in [3.63, 3.8) is 0 Å². The lowest BCUT2D eigenvalue weighted by atomic mass is 10.3. The topological polar surface area (TPSA) is 35.8 Å². The van der Waals surface area contributed by atoms with E-state index in [9.17, 15) is 0 Å². The quantitative estimate of drug-likeness (QED) is 0.658. The third-order valence-corrected chi connectivity index (χ3v) is 3.82. The normalized spacial score (nSPS) is 10.9. The number of hydrogen-bond donors (Lipinski definition) is 0. The maximum Gasteiger partial charge on any atom is 0.243 e. The van der Waals surface area contributed by atoms with Crippen LogP contribution in [0.3, 0.4) is 0 Å². The second-order valence-corrected chi connectivity index (χ2v) is 5.17. The van der Waals surface area contributed by atoms with Crippen molar-refractivity contribution in [3.05, 3.63) is 41.5 Å². The highest BCUT2D eigenvalue weighted by atomic mass is 35.5. The van der Waals surface area contributed by atoms with Crippen molar-refractivity contribution in [2.24, 2.45) is 0 Å². The smallest absolute Gasteiger partial charge is 0.243 e. The molecule has 0 aliphatic rings. The van der Waals surface area contributed by atoms with Crippen LogP contribution in [0.15, 0.2) is 35.8 Å². The fourth-order valence-corrected chi connectivity index (χ4v) is 2.90. The Labute approximate surface area is 125 Å². The SMILES string of the molecule is CCOc1ccccc1Oc1nc2sccn2c1CCl. The zero-order valence-electron chi connectivity index (χ0n) is 10.9. The zero-order valence-corrected chi connectivity index (χ0v) is 12.4. The minimum atomic E-state index is 0.337. The van der Waals surface area contributed by atoms with Crippen molar-refractivity contribution in [2.45, 2.75) is 12.8 Å². The van der Waals surface area contributed by atoms with Gasteiger partial charge in [-0.25, -0.2) is 0 Å². The van der Waals surface area contributed by atoms with Crippen molar-refractivity contribution >= 4 is 27.9 Å². The lowest BCUT2D eigenvalue weighted by Gasteiger charge is -2.10. The van der Waals surface area contributed by atoms with Crippen LogP contribution >= 0.6 is 22.9 Å². The molecule has 0 saturated heterocycles. The summed E-state index contributed by atoms with van der Waals surface area (Å²) in [4.78, 5) is 5.32. The minimum Gasteiger partial charge on any atom is -0.490 e. The van der Waals surface area contributed by atoms with E-state index in [2.05, 4.69) is 4.98 Å². The number of ether oxygens (including phenoxy) is 2. The number of hydrogen-bond acceptors (Lipinski definition) is 4. The van der Waals surface area contributed by atoms with Gasteiger partial charge in [0.05, 0.1) is 12.5 Å².